The molecule has 1 atom stereocenters. The monoisotopic (exact) mass is 384 g/mol. The summed E-state index contributed by atoms with van der Waals surface area (Å²) >= 11 is 0. The molecule has 2 amide bonds. The fourth-order valence-electron chi connectivity index (χ4n) is 2.71. The van der Waals surface area contributed by atoms with E-state index in [-0.39, 0.29) is 19.2 Å². The summed E-state index contributed by atoms with van der Waals surface area (Å²) in [7, 11) is 0. The number of fused-ring (bicyclic) bond motifs is 1. The van der Waals surface area contributed by atoms with Crippen molar-refractivity contribution in [3.05, 3.63) is 59.7 Å². The predicted octanol–water partition coefficient (Wildman–Crippen LogP) is 3.30. The molecule has 1 aliphatic rings. The maximum Gasteiger partial charge on any atom is 0.408 e. The zero-order chi connectivity index (χ0) is 20.1. The summed E-state index contributed by atoms with van der Waals surface area (Å²) in [6.07, 6.45) is -0.653. The third-order valence-corrected chi connectivity index (χ3v) is 3.96. The Labute approximate surface area is 164 Å². The number of rotatable bonds is 5. The van der Waals surface area contributed by atoms with E-state index in [0.717, 1.165) is 5.56 Å². The number of nitrogens with one attached hydrogen (secondary N) is 2. The average molecular weight is 384 g/mol. The maximum absolute atomic E-state index is 12.8. The fraction of sp³-hybridized carbons (Fsp3) is 0.333. The van der Waals surface area contributed by atoms with Gasteiger partial charge in [0.05, 0.1) is 0 Å². The molecule has 7 nitrogen and oxygen atoms in total. The molecule has 0 aliphatic carbocycles. The van der Waals surface area contributed by atoms with Crippen molar-refractivity contribution in [2.45, 2.75) is 39.0 Å². The molecular weight excluding hydrogens is 360 g/mol. The lowest BCUT2D eigenvalue weighted by atomic mass is 10.1. The summed E-state index contributed by atoms with van der Waals surface area (Å²) in [4.78, 5) is 25.0. The third-order valence-electron chi connectivity index (χ3n) is 3.96. The number of carbonyl (C=O) groups is 2. The molecule has 2 N–H and O–H groups in total. The van der Waals surface area contributed by atoms with Gasteiger partial charge >= 0.3 is 6.09 Å². The van der Waals surface area contributed by atoms with Crippen LogP contribution < -0.4 is 20.1 Å². The van der Waals surface area contributed by atoms with Crippen LogP contribution in [-0.2, 0) is 16.1 Å². The van der Waals surface area contributed by atoms with Crippen molar-refractivity contribution < 1.29 is 23.8 Å². The first-order valence-electron chi connectivity index (χ1n) is 9.02. The first-order valence-corrected chi connectivity index (χ1v) is 9.02. The third kappa shape index (κ3) is 5.16. The van der Waals surface area contributed by atoms with Gasteiger partial charge in [-0.25, -0.2) is 4.79 Å². The van der Waals surface area contributed by atoms with Gasteiger partial charge in [0.2, 0.25) is 12.7 Å². The molecule has 148 valence electrons. The summed E-state index contributed by atoms with van der Waals surface area (Å²) in [5.41, 5.74) is 0.868. The molecule has 0 saturated carbocycles. The van der Waals surface area contributed by atoms with Crippen LogP contribution in [0.5, 0.6) is 11.5 Å². The van der Waals surface area contributed by atoms with Crippen molar-refractivity contribution in [3.63, 3.8) is 0 Å². The summed E-state index contributed by atoms with van der Waals surface area (Å²) in [5.74, 6) is 0.997. The van der Waals surface area contributed by atoms with Gasteiger partial charge in [-0.2, -0.15) is 0 Å². The number of ether oxygens (including phenoxy) is 3. The largest absolute Gasteiger partial charge is 0.454 e. The highest BCUT2D eigenvalue weighted by Crippen LogP contribution is 2.32. The topological polar surface area (TPSA) is 85.9 Å². The Hall–Kier alpha value is -3.22. The van der Waals surface area contributed by atoms with E-state index in [1.165, 1.54) is 0 Å². The Bertz CT molecular complexity index is 846. The van der Waals surface area contributed by atoms with Gasteiger partial charge in [-0.3, -0.25) is 4.79 Å². The van der Waals surface area contributed by atoms with E-state index in [0.29, 0.717) is 17.1 Å². The minimum Gasteiger partial charge on any atom is -0.454 e. The van der Waals surface area contributed by atoms with Crippen LogP contribution in [0.3, 0.4) is 0 Å². The second-order valence-corrected chi connectivity index (χ2v) is 7.40. The zero-order valence-corrected chi connectivity index (χ0v) is 16.2. The molecule has 1 heterocycles. The second-order valence-electron chi connectivity index (χ2n) is 7.40. The van der Waals surface area contributed by atoms with Crippen LogP contribution in [-0.4, -0.2) is 24.4 Å². The maximum atomic E-state index is 12.8. The van der Waals surface area contributed by atoms with Crippen LogP contribution in [0.2, 0.25) is 0 Å². The van der Waals surface area contributed by atoms with Gasteiger partial charge in [0.25, 0.3) is 0 Å². The van der Waals surface area contributed by atoms with Crippen molar-refractivity contribution in [1.29, 1.82) is 0 Å². The predicted molar refractivity (Wildman–Crippen MR) is 103 cm³/mol. The summed E-state index contributed by atoms with van der Waals surface area (Å²) in [6, 6.07) is 13.6. The molecule has 2 aromatic rings. The van der Waals surface area contributed by atoms with Gasteiger partial charge in [-0.1, -0.05) is 36.4 Å². The molecule has 7 heteroatoms. The highest BCUT2D eigenvalue weighted by atomic mass is 16.7. The highest BCUT2D eigenvalue weighted by Gasteiger charge is 2.25. The molecular formula is C21H24N2O5. The van der Waals surface area contributed by atoms with Crippen molar-refractivity contribution in [3.8, 4) is 11.5 Å². The number of hydrogen-bond acceptors (Lipinski definition) is 5. The van der Waals surface area contributed by atoms with Crippen LogP contribution in [0.25, 0.3) is 0 Å². The molecule has 1 unspecified atom stereocenters. The lowest BCUT2D eigenvalue weighted by Gasteiger charge is -2.23. The van der Waals surface area contributed by atoms with E-state index in [2.05, 4.69) is 10.6 Å². The number of benzene rings is 2. The van der Waals surface area contributed by atoms with Crippen LogP contribution in [0.1, 0.15) is 37.9 Å². The Balaban J connectivity index is 1.68. The van der Waals surface area contributed by atoms with Gasteiger partial charge < -0.3 is 24.8 Å². The molecule has 1 aliphatic heterocycles. The second kappa shape index (κ2) is 8.21. The number of hydrogen-bond donors (Lipinski definition) is 2. The number of amides is 2. The first-order chi connectivity index (χ1) is 13.3. The lowest BCUT2D eigenvalue weighted by molar-refractivity contribution is -0.123. The van der Waals surface area contributed by atoms with Crippen molar-refractivity contribution in [2.24, 2.45) is 0 Å². The van der Waals surface area contributed by atoms with E-state index >= 15 is 0 Å². The summed E-state index contributed by atoms with van der Waals surface area (Å²) in [5, 5.41) is 5.50. The van der Waals surface area contributed by atoms with Gasteiger partial charge in [0.15, 0.2) is 11.5 Å². The molecule has 0 fully saturated rings. The van der Waals surface area contributed by atoms with Gasteiger partial charge in [-0.05, 0) is 44.0 Å². The summed E-state index contributed by atoms with van der Waals surface area (Å²) in [6.45, 7) is 5.78. The first kappa shape index (κ1) is 19.5. The SMILES string of the molecule is CC(C)(C)OC(=O)NC(C(=O)NCc1ccc2c(c1)OCO2)c1ccccc1. The lowest BCUT2D eigenvalue weighted by Crippen LogP contribution is -2.42. The minimum atomic E-state index is -0.870. The van der Waals surface area contributed by atoms with Crippen LogP contribution >= 0.6 is 0 Å². The van der Waals surface area contributed by atoms with Crippen LogP contribution in [0.4, 0.5) is 4.79 Å². The van der Waals surface area contributed by atoms with Crippen LogP contribution in [0, 0.1) is 0 Å². The summed E-state index contributed by atoms with van der Waals surface area (Å²) < 4.78 is 15.9. The Morgan fingerprint density at radius 1 is 1.07 bits per heavy atom. The van der Waals surface area contributed by atoms with E-state index < -0.39 is 17.7 Å². The molecule has 0 radical (unpaired) electrons. The van der Waals surface area contributed by atoms with Crippen molar-refractivity contribution in [1.82, 2.24) is 10.6 Å². The Morgan fingerprint density at radius 2 is 1.79 bits per heavy atom. The Kier molecular flexibility index (Phi) is 5.73. The number of alkyl carbamates (subject to hydrolysis) is 1. The number of carbonyl (C=O) groups excluding carboxylic acids is 2. The van der Waals surface area contributed by atoms with Crippen LogP contribution in [0.15, 0.2) is 48.5 Å². The van der Waals surface area contributed by atoms with E-state index in [1.807, 2.05) is 30.3 Å². The molecule has 28 heavy (non-hydrogen) atoms. The molecule has 2 aromatic carbocycles. The van der Waals surface area contributed by atoms with Gasteiger partial charge in [0.1, 0.15) is 11.6 Å². The minimum absolute atomic E-state index is 0.195. The van der Waals surface area contributed by atoms with Crippen molar-refractivity contribution in [2.75, 3.05) is 6.79 Å². The average Bonchev–Trinajstić information content (AvgIpc) is 3.11. The van der Waals surface area contributed by atoms with E-state index in [1.54, 1.807) is 39.0 Å². The molecule has 0 aromatic heterocycles. The standard InChI is InChI=1S/C21H24N2O5/c1-21(2,3)28-20(25)23-18(15-7-5-4-6-8-15)19(24)22-12-14-9-10-16-17(11-14)27-13-26-16/h4-11,18H,12-13H2,1-3H3,(H,22,24)(H,23,25). The molecule has 0 saturated heterocycles. The Morgan fingerprint density at radius 3 is 2.50 bits per heavy atom. The zero-order valence-electron chi connectivity index (χ0n) is 16.2. The van der Waals surface area contributed by atoms with Gasteiger partial charge in [-0.15, -0.1) is 0 Å². The highest BCUT2D eigenvalue weighted by molar-refractivity contribution is 5.86. The van der Waals surface area contributed by atoms with E-state index in [9.17, 15) is 9.59 Å². The van der Waals surface area contributed by atoms with E-state index in [4.69, 9.17) is 14.2 Å². The molecule has 0 spiro atoms. The smallest absolute Gasteiger partial charge is 0.408 e. The van der Waals surface area contributed by atoms with Gasteiger partial charge in [0, 0.05) is 6.54 Å². The quantitative estimate of drug-likeness (QED) is 0.826. The normalized spacial score (nSPS) is 13.5. The molecule has 3 rings (SSSR count). The van der Waals surface area contributed by atoms with Crippen molar-refractivity contribution >= 4 is 12.0 Å². The fourth-order valence-corrected chi connectivity index (χ4v) is 2.71. The molecule has 0 bridgehead atoms.